The first-order valence-electron chi connectivity index (χ1n) is 3.87. The molecule has 4 nitrogen and oxygen atoms in total. The molecule has 0 saturated heterocycles. The van der Waals surface area contributed by atoms with Gasteiger partial charge in [0.25, 0.3) is 0 Å². The number of hydrogen-bond acceptors (Lipinski definition) is 3. The van der Waals surface area contributed by atoms with Gasteiger partial charge in [-0.05, 0) is 13.3 Å². The number of rotatable bonds is 4. The van der Waals surface area contributed by atoms with Gasteiger partial charge < -0.3 is 30.1 Å². The van der Waals surface area contributed by atoms with Gasteiger partial charge in [0.2, 0.25) is 0 Å². The number of oxime groups is 1. The summed E-state index contributed by atoms with van der Waals surface area (Å²) in [6, 6.07) is 0. The summed E-state index contributed by atoms with van der Waals surface area (Å²) < 4.78 is 0. The first-order chi connectivity index (χ1) is 5.70. The zero-order valence-corrected chi connectivity index (χ0v) is 13.2. The third-order valence-corrected chi connectivity index (χ3v) is 1.26. The summed E-state index contributed by atoms with van der Waals surface area (Å²) in [4.78, 5) is 15.1. The minimum absolute atomic E-state index is 0. The minimum atomic E-state index is -0.577. The molecule has 0 aliphatic carbocycles. The van der Waals surface area contributed by atoms with Crippen molar-refractivity contribution in [2.45, 2.75) is 26.7 Å². The topological polar surface area (TPSA) is 50.7 Å². The van der Waals surface area contributed by atoms with Crippen LogP contribution in [0.15, 0.2) is 5.16 Å². The number of carbonyl (C=O) groups excluding carboxylic acids is 1. The van der Waals surface area contributed by atoms with E-state index in [2.05, 4.69) is 15.3 Å². The van der Waals surface area contributed by atoms with Crippen molar-refractivity contribution in [3.05, 3.63) is 0 Å². The second kappa shape index (κ2) is 17.5. The van der Waals surface area contributed by atoms with Gasteiger partial charge in [0.1, 0.15) is 5.17 Å². The number of nitrogens with zero attached hydrogens (tertiary/aromatic N) is 1. The minimum Gasteiger partial charge on any atom is -1.00 e. The van der Waals surface area contributed by atoms with Crippen molar-refractivity contribution >= 4 is 60.6 Å². The molecule has 1 N–H and O–H groups in total. The van der Waals surface area contributed by atoms with E-state index in [1.807, 2.05) is 6.92 Å². The van der Waals surface area contributed by atoms with E-state index in [-0.39, 0.29) is 62.6 Å². The molecule has 0 aromatic heterocycles. The number of carbonyl (C=O) groups is 1. The monoisotopic (exact) mass is 302 g/mol. The predicted molar refractivity (Wildman–Crippen MR) is 54.1 cm³/mol. The van der Waals surface area contributed by atoms with Gasteiger partial charge in [-0.25, -0.2) is 4.79 Å². The molecule has 8 heteroatoms. The van der Waals surface area contributed by atoms with E-state index >= 15 is 0 Å². The second-order valence-corrected chi connectivity index (χ2v) is 2.56. The Labute approximate surface area is 137 Å². The van der Waals surface area contributed by atoms with Gasteiger partial charge in [-0.3, -0.25) is 4.84 Å². The van der Waals surface area contributed by atoms with Crippen molar-refractivity contribution in [1.82, 2.24) is 5.32 Å². The summed E-state index contributed by atoms with van der Waals surface area (Å²) >= 11 is 5.57. The van der Waals surface area contributed by atoms with Crippen LogP contribution in [0.4, 0.5) is 4.79 Å². The molecule has 0 aromatic rings. The van der Waals surface area contributed by atoms with Crippen LogP contribution < -0.4 is 30.1 Å². The summed E-state index contributed by atoms with van der Waals surface area (Å²) in [5.74, 6) is 0. The zero-order valence-electron chi connectivity index (χ0n) is 8.73. The molecule has 0 radical (unpaired) electrons. The maximum atomic E-state index is 10.7. The molecule has 0 fully saturated rings. The SMILES string of the molecule is CCC/C(Cl)=N/OC(=O)NCC.[Ca+2].[Cl-].[Cl-]. The van der Waals surface area contributed by atoms with E-state index in [0.717, 1.165) is 6.42 Å². The summed E-state index contributed by atoms with van der Waals surface area (Å²) in [5.41, 5.74) is 0. The fraction of sp³-hybridized carbons (Fsp3) is 0.714. The Morgan fingerprint density at radius 3 is 2.33 bits per heavy atom. The molecule has 15 heavy (non-hydrogen) atoms. The third-order valence-electron chi connectivity index (χ3n) is 1.01. The van der Waals surface area contributed by atoms with E-state index < -0.39 is 6.09 Å². The number of halogens is 3. The number of amides is 1. The molecule has 86 valence electrons. The first kappa shape index (κ1) is 25.1. The summed E-state index contributed by atoms with van der Waals surface area (Å²) in [6.45, 7) is 4.27. The molecule has 0 spiro atoms. The van der Waals surface area contributed by atoms with E-state index in [1.165, 1.54) is 0 Å². The molecule has 1 amide bonds. The largest absolute Gasteiger partial charge is 2.00 e. The fourth-order valence-corrected chi connectivity index (χ4v) is 0.743. The normalized spacial score (nSPS) is 8.87. The Bertz CT molecular complexity index is 182. The average Bonchev–Trinajstić information content (AvgIpc) is 2.02. The van der Waals surface area contributed by atoms with Crippen LogP contribution in [-0.2, 0) is 4.84 Å². The molecule has 0 unspecified atom stereocenters. The molecule has 0 heterocycles. The standard InChI is InChI=1S/C7H13ClN2O2.Ca.2ClH/c1-3-5-6(8)10-12-7(11)9-4-2;;;/h3-5H2,1-2H3,(H,9,11);;2*1H/q;+2;;/p-2/b10-6-;;;. The summed E-state index contributed by atoms with van der Waals surface area (Å²) in [7, 11) is 0. The Kier molecular flexibility index (Phi) is 29.2. The van der Waals surface area contributed by atoms with Crippen LogP contribution in [0, 0.1) is 0 Å². The molecular formula is C7H13CaCl3N2O2. The van der Waals surface area contributed by atoms with Crippen LogP contribution in [0.2, 0.25) is 0 Å². The van der Waals surface area contributed by atoms with Gasteiger partial charge in [-0.1, -0.05) is 23.7 Å². The Balaban J connectivity index is -0.000000202. The van der Waals surface area contributed by atoms with Crippen LogP contribution in [-0.4, -0.2) is 55.5 Å². The first-order valence-corrected chi connectivity index (χ1v) is 4.25. The summed E-state index contributed by atoms with van der Waals surface area (Å²) in [6.07, 6.45) is 0.925. The second-order valence-electron chi connectivity index (χ2n) is 2.13. The predicted octanol–water partition coefficient (Wildman–Crippen LogP) is -4.29. The maximum absolute atomic E-state index is 10.7. The van der Waals surface area contributed by atoms with Crippen molar-refractivity contribution in [1.29, 1.82) is 0 Å². The van der Waals surface area contributed by atoms with Gasteiger partial charge in [0.05, 0.1) is 0 Å². The van der Waals surface area contributed by atoms with Gasteiger partial charge in [0.15, 0.2) is 0 Å². The summed E-state index contributed by atoms with van der Waals surface area (Å²) in [5, 5.41) is 6.13. The van der Waals surface area contributed by atoms with Crippen molar-refractivity contribution in [3.63, 3.8) is 0 Å². The van der Waals surface area contributed by atoms with Crippen molar-refractivity contribution in [3.8, 4) is 0 Å². The Morgan fingerprint density at radius 2 is 1.93 bits per heavy atom. The molecule has 0 aliphatic heterocycles. The van der Waals surface area contributed by atoms with E-state index in [9.17, 15) is 4.79 Å². The molecule has 0 bridgehead atoms. The van der Waals surface area contributed by atoms with E-state index in [0.29, 0.717) is 18.1 Å². The van der Waals surface area contributed by atoms with Crippen LogP contribution in [0.3, 0.4) is 0 Å². The molecule has 0 saturated carbocycles. The molecular weight excluding hydrogens is 291 g/mol. The molecule has 0 aromatic carbocycles. The molecule has 0 rings (SSSR count). The Hall–Kier alpha value is 1.07. The third kappa shape index (κ3) is 17.7. The van der Waals surface area contributed by atoms with Gasteiger partial charge >= 0.3 is 43.8 Å². The smallest absolute Gasteiger partial charge is 1.00 e. The van der Waals surface area contributed by atoms with Crippen LogP contribution in [0.25, 0.3) is 0 Å². The van der Waals surface area contributed by atoms with E-state index in [4.69, 9.17) is 11.6 Å². The zero-order chi connectivity index (χ0) is 9.40. The van der Waals surface area contributed by atoms with Crippen molar-refractivity contribution in [2.24, 2.45) is 5.16 Å². The quantitative estimate of drug-likeness (QED) is 0.247. The fourth-order valence-electron chi connectivity index (χ4n) is 0.520. The molecule has 0 atom stereocenters. The van der Waals surface area contributed by atoms with Gasteiger partial charge in [-0.2, -0.15) is 0 Å². The van der Waals surface area contributed by atoms with Crippen molar-refractivity contribution < 1.29 is 34.4 Å². The van der Waals surface area contributed by atoms with Crippen LogP contribution >= 0.6 is 11.6 Å². The maximum Gasteiger partial charge on any atom is 2.00 e. The number of nitrogens with one attached hydrogen (secondary N) is 1. The van der Waals surface area contributed by atoms with Crippen LogP contribution in [0.1, 0.15) is 26.7 Å². The Morgan fingerprint density at radius 1 is 1.40 bits per heavy atom. The van der Waals surface area contributed by atoms with E-state index in [1.54, 1.807) is 6.92 Å². The van der Waals surface area contributed by atoms with Gasteiger partial charge in [0, 0.05) is 13.0 Å². The number of hydrogen-bond donors (Lipinski definition) is 1. The average molecular weight is 304 g/mol. The van der Waals surface area contributed by atoms with Crippen molar-refractivity contribution in [2.75, 3.05) is 6.54 Å². The molecule has 0 aliphatic rings. The van der Waals surface area contributed by atoms with Crippen LogP contribution in [0.5, 0.6) is 0 Å². The van der Waals surface area contributed by atoms with Gasteiger partial charge in [-0.15, -0.1) is 0 Å².